The molecule has 1 rings (SSSR count). The Bertz CT molecular complexity index is 260. The summed E-state index contributed by atoms with van der Waals surface area (Å²) in [5, 5.41) is 0. The lowest BCUT2D eigenvalue weighted by Gasteiger charge is -1.91. The maximum absolute atomic E-state index is 12.3. The molecule has 0 aliphatic carbocycles. The van der Waals surface area contributed by atoms with Crippen LogP contribution in [0.5, 0.6) is 0 Å². The van der Waals surface area contributed by atoms with Crippen molar-refractivity contribution in [2.24, 2.45) is 5.73 Å². The second-order valence-corrected chi connectivity index (χ2v) is 1.78. The van der Waals surface area contributed by atoms with E-state index in [1.165, 1.54) is 12.1 Å². The largest absolute Gasteiger partial charge is 0.366 e. The molecule has 51 valence electrons. The van der Waals surface area contributed by atoms with Gasteiger partial charge < -0.3 is 5.73 Å². The molecule has 10 heavy (non-hydrogen) atoms. The number of benzene rings is 1. The van der Waals surface area contributed by atoms with E-state index in [9.17, 15) is 9.18 Å². The summed E-state index contributed by atoms with van der Waals surface area (Å²) in [5.41, 5.74) is 4.92. The third-order valence-electron chi connectivity index (χ3n) is 1.03. The Hall–Kier alpha value is -1.38. The van der Waals surface area contributed by atoms with Gasteiger partial charge in [0.15, 0.2) is 0 Å². The number of halogens is 1. The Labute approximate surface area is 57.5 Å². The Morgan fingerprint density at radius 1 is 1.70 bits per heavy atom. The molecule has 0 atom stereocenters. The van der Waals surface area contributed by atoms with Crippen molar-refractivity contribution in [1.29, 1.82) is 0 Å². The van der Waals surface area contributed by atoms with E-state index in [0.717, 1.165) is 6.07 Å². The molecule has 0 aromatic heterocycles. The first-order valence-corrected chi connectivity index (χ1v) is 2.67. The minimum absolute atomic E-state index is 0.0694. The minimum Gasteiger partial charge on any atom is -0.366 e. The number of rotatable bonds is 1. The molecule has 1 radical (unpaired) electrons. The van der Waals surface area contributed by atoms with Crippen LogP contribution in [0.15, 0.2) is 18.2 Å². The summed E-state index contributed by atoms with van der Waals surface area (Å²) in [6.07, 6.45) is 0. The molecule has 3 heteroatoms. The van der Waals surface area contributed by atoms with Crippen LogP contribution in [-0.2, 0) is 0 Å². The van der Waals surface area contributed by atoms with Crippen molar-refractivity contribution in [3.05, 3.63) is 35.6 Å². The lowest BCUT2D eigenvalue weighted by molar-refractivity contribution is 0.0999. The van der Waals surface area contributed by atoms with Gasteiger partial charge in [0, 0.05) is 5.56 Å². The first kappa shape index (κ1) is 6.74. The minimum atomic E-state index is -0.667. The van der Waals surface area contributed by atoms with Crippen LogP contribution in [0, 0.1) is 11.9 Å². The van der Waals surface area contributed by atoms with Crippen LogP contribution >= 0.6 is 0 Å². The SMILES string of the molecule is NC(=O)c1[c]ccc(F)c1. The molecular formula is C7H5FNO. The van der Waals surface area contributed by atoms with Crippen LogP contribution in [0.25, 0.3) is 0 Å². The zero-order valence-corrected chi connectivity index (χ0v) is 5.10. The second-order valence-electron chi connectivity index (χ2n) is 1.78. The molecule has 0 heterocycles. The Morgan fingerprint density at radius 3 is 2.80 bits per heavy atom. The molecule has 0 aliphatic rings. The number of nitrogens with two attached hydrogens (primary N) is 1. The van der Waals surface area contributed by atoms with E-state index >= 15 is 0 Å². The average Bonchev–Trinajstić information content (AvgIpc) is 1.88. The Morgan fingerprint density at radius 2 is 2.40 bits per heavy atom. The molecule has 0 spiro atoms. The van der Waals surface area contributed by atoms with Crippen LogP contribution in [0.4, 0.5) is 4.39 Å². The van der Waals surface area contributed by atoms with E-state index in [1.807, 2.05) is 0 Å². The lowest BCUT2D eigenvalue weighted by atomic mass is 10.2. The average molecular weight is 138 g/mol. The molecule has 2 N–H and O–H groups in total. The van der Waals surface area contributed by atoms with E-state index < -0.39 is 11.7 Å². The number of carbonyl (C=O) groups excluding carboxylic acids is 1. The van der Waals surface area contributed by atoms with Gasteiger partial charge in [-0.05, 0) is 18.2 Å². The zero-order chi connectivity index (χ0) is 7.56. The number of hydrogen-bond acceptors (Lipinski definition) is 1. The van der Waals surface area contributed by atoms with Crippen molar-refractivity contribution in [2.45, 2.75) is 0 Å². The quantitative estimate of drug-likeness (QED) is 0.610. The fraction of sp³-hybridized carbons (Fsp3) is 0. The maximum atomic E-state index is 12.3. The molecule has 0 aliphatic heterocycles. The molecule has 1 aromatic carbocycles. The summed E-state index contributed by atoms with van der Waals surface area (Å²) in [6.45, 7) is 0. The van der Waals surface area contributed by atoms with Gasteiger partial charge >= 0.3 is 0 Å². The van der Waals surface area contributed by atoms with Gasteiger partial charge in [0.2, 0.25) is 5.91 Å². The van der Waals surface area contributed by atoms with E-state index in [1.54, 1.807) is 0 Å². The van der Waals surface area contributed by atoms with E-state index in [2.05, 4.69) is 6.07 Å². The summed E-state index contributed by atoms with van der Waals surface area (Å²) in [6, 6.07) is 6.05. The fourth-order valence-corrected chi connectivity index (χ4v) is 0.581. The Balaban J connectivity index is 3.07. The summed E-state index contributed by atoms with van der Waals surface area (Å²) in [7, 11) is 0. The molecule has 0 bridgehead atoms. The molecule has 0 saturated heterocycles. The molecule has 2 nitrogen and oxygen atoms in total. The van der Waals surface area contributed by atoms with Crippen molar-refractivity contribution in [3.8, 4) is 0 Å². The molecular weight excluding hydrogens is 133 g/mol. The van der Waals surface area contributed by atoms with Crippen LogP contribution in [0.2, 0.25) is 0 Å². The number of carbonyl (C=O) groups is 1. The third kappa shape index (κ3) is 1.31. The summed E-state index contributed by atoms with van der Waals surface area (Å²) in [4.78, 5) is 10.4. The van der Waals surface area contributed by atoms with Gasteiger partial charge in [0.05, 0.1) is 0 Å². The van der Waals surface area contributed by atoms with Crippen molar-refractivity contribution < 1.29 is 9.18 Å². The maximum Gasteiger partial charge on any atom is 0.249 e. The molecule has 1 amide bonds. The van der Waals surface area contributed by atoms with Crippen molar-refractivity contribution >= 4 is 5.91 Å². The van der Waals surface area contributed by atoms with Crippen LogP contribution in [-0.4, -0.2) is 5.91 Å². The van der Waals surface area contributed by atoms with Gasteiger partial charge in [0.1, 0.15) is 5.82 Å². The van der Waals surface area contributed by atoms with Crippen LogP contribution in [0.1, 0.15) is 10.4 Å². The summed E-state index contributed by atoms with van der Waals surface area (Å²) in [5.74, 6) is -1.15. The van der Waals surface area contributed by atoms with Crippen LogP contribution < -0.4 is 5.73 Å². The van der Waals surface area contributed by atoms with Gasteiger partial charge in [0.25, 0.3) is 0 Å². The van der Waals surface area contributed by atoms with Gasteiger partial charge in [-0.15, -0.1) is 0 Å². The van der Waals surface area contributed by atoms with E-state index in [4.69, 9.17) is 5.73 Å². The zero-order valence-electron chi connectivity index (χ0n) is 5.10. The van der Waals surface area contributed by atoms with Gasteiger partial charge in [-0.2, -0.15) is 0 Å². The number of primary amides is 1. The highest BCUT2D eigenvalue weighted by Gasteiger charge is 1.99. The molecule has 1 aromatic rings. The van der Waals surface area contributed by atoms with E-state index in [0.29, 0.717) is 0 Å². The third-order valence-corrected chi connectivity index (χ3v) is 1.03. The summed E-state index contributed by atoms with van der Waals surface area (Å²) < 4.78 is 12.3. The van der Waals surface area contributed by atoms with Crippen LogP contribution in [0.3, 0.4) is 0 Å². The smallest absolute Gasteiger partial charge is 0.249 e. The van der Waals surface area contributed by atoms with Gasteiger partial charge in [-0.25, -0.2) is 4.39 Å². The molecule has 0 unspecified atom stereocenters. The highest BCUT2D eigenvalue weighted by Crippen LogP contribution is 2.00. The number of hydrogen-bond donors (Lipinski definition) is 1. The standard InChI is InChI=1S/C7H5FNO/c8-6-3-1-2-5(4-6)7(9)10/h1,3-4H,(H2,9,10). The highest BCUT2D eigenvalue weighted by atomic mass is 19.1. The molecule has 0 saturated carbocycles. The first-order chi connectivity index (χ1) is 4.70. The van der Waals surface area contributed by atoms with Crippen molar-refractivity contribution in [3.63, 3.8) is 0 Å². The lowest BCUT2D eigenvalue weighted by Crippen LogP contribution is -2.10. The van der Waals surface area contributed by atoms with Gasteiger partial charge in [-0.1, -0.05) is 6.07 Å². The van der Waals surface area contributed by atoms with Crippen molar-refractivity contribution in [2.75, 3.05) is 0 Å². The van der Waals surface area contributed by atoms with Crippen molar-refractivity contribution in [1.82, 2.24) is 0 Å². The van der Waals surface area contributed by atoms with E-state index in [-0.39, 0.29) is 5.56 Å². The predicted molar refractivity (Wildman–Crippen MR) is 33.8 cm³/mol. The normalized spacial score (nSPS) is 9.30. The first-order valence-electron chi connectivity index (χ1n) is 2.67. The topological polar surface area (TPSA) is 43.1 Å². The Kier molecular flexibility index (Phi) is 1.67. The fourth-order valence-electron chi connectivity index (χ4n) is 0.581. The second kappa shape index (κ2) is 2.47. The predicted octanol–water partition coefficient (Wildman–Crippen LogP) is 0.725. The van der Waals surface area contributed by atoms with Gasteiger partial charge in [-0.3, -0.25) is 4.79 Å². The summed E-state index contributed by atoms with van der Waals surface area (Å²) >= 11 is 0. The number of amides is 1. The monoisotopic (exact) mass is 138 g/mol. The highest BCUT2D eigenvalue weighted by molar-refractivity contribution is 5.92. The molecule has 0 fully saturated rings.